The lowest BCUT2D eigenvalue weighted by Crippen LogP contribution is -2.55. The Balaban J connectivity index is 2.90. The number of hydrazine groups is 1. The van der Waals surface area contributed by atoms with E-state index in [1.54, 1.807) is 27.7 Å². The minimum atomic E-state index is -0.780. The molecule has 2 amide bonds. The van der Waals surface area contributed by atoms with E-state index < -0.39 is 18.2 Å². The van der Waals surface area contributed by atoms with Gasteiger partial charge in [-0.1, -0.05) is 30.3 Å². The number of carbonyl (C=O) groups excluding carboxylic acids is 2. The van der Waals surface area contributed by atoms with Gasteiger partial charge in [-0.15, -0.1) is 0 Å². The van der Waals surface area contributed by atoms with E-state index in [9.17, 15) is 14.7 Å². The quantitative estimate of drug-likeness (QED) is 0.778. The Morgan fingerprint density at radius 1 is 1.08 bits per heavy atom. The lowest BCUT2D eigenvalue weighted by Gasteiger charge is -2.30. The van der Waals surface area contributed by atoms with Crippen molar-refractivity contribution in [2.24, 2.45) is 0 Å². The van der Waals surface area contributed by atoms with Crippen LogP contribution in [0.1, 0.15) is 33.3 Å². The van der Waals surface area contributed by atoms with Crippen molar-refractivity contribution in [3.63, 3.8) is 0 Å². The van der Waals surface area contributed by atoms with E-state index in [0.29, 0.717) is 6.42 Å². The molecule has 0 spiro atoms. The normalized spacial score (nSPS) is 12.0. The number of rotatable bonds is 6. The summed E-state index contributed by atoms with van der Waals surface area (Å²) in [5, 5.41) is 10.7. The molecule has 0 bridgehead atoms. The first-order valence-corrected chi connectivity index (χ1v) is 7.95. The highest BCUT2D eigenvalue weighted by atomic mass is 16.6. The smallest absolute Gasteiger partial charge is 0.429 e. The predicted octanol–water partition coefficient (Wildman–Crippen LogP) is 2.49. The molecular weight excluding hydrogens is 312 g/mol. The maximum atomic E-state index is 12.3. The molecule has 0 fully saturated rings. The fourth-order valence-electron chi connectivity index (χ4n) is 2.01. The van der Waals surface area contributed by atoms with Crippen LogP contribution in [0.25, 0.3) is 0 Å². The fraction of sp³-hybridized carbons (Fsp3) is 0.529. The van der Waals surface area contributed by atoms with Crippen LogP contribution in [0.5, 0.6) is 0 Å². The van der Waals surface area contributed by atoms with E-state index in [-0.39, 0.29) is 18.8 Å². The van der Waals surface area contributed by atoms with E-state index in [0.717, 1.165) is 10.6 Å². The summed E-state index contributed by atoms with van der Waals surface area (Å²) in [5.74, 6) is 0. The molecule has 134 valence electrons. The van der Waals surface area contributed by atoms with E-state index in [2.05, 4.69) is 5.43 Å². The third-order valence-electron chi connectivity index (χ3n) is 2.98. The van der Waals surface area contributed by atoms with Gasteiger partial charge in [0.05, 0.1) is 24.9 Å². The summed E-state index contributed by atoms with van der Waals surface area (Å²) in [6.45, 7) is 6.46. The summed E-state index contributed by atoms with van der Waals surface area (Å²) in [6.07, 6.45) is -1.88. The van der Waals surface area contributed by atoms with Gasteiger partial charge in [0.15, 0.2) is 0 Å². The van der Waals surface area contributed by atoms with Crippen molar-refractivity contribution in [1.29, 1.82) is 0 Å². The van der Waals surface area contributed by atoms with Gasteiger partial charge in [0, 0.05) is 0 Å². The average molecular weight is 338 g/mol. The molecule has 0 aliphatic carbocycles. The van der Waals surface area contributed by atoms with Crippen molar-refractivity contribution in [3.8, 4) is 0 Å². The van der Waals surface area contributed by atoms with Gasteiger partial charge in [-0.05, 0) is 39.7 Å². The standard InChI is InChI=1S/C17H26N2O5/c1-12(2)23-16(21)18-19(17(22)24-13(3)4)15(11-20)10-14-8-6-5-7-9-14/h5-9,12-13,15,20H,10-11H2,1-4H3,(H,18,21). The van der Waals surface area contributed by atoms with Gasteiger partial charge < -0.3 is 14.6 Å². The average Bonchev–Trinajstić information content (AvgIpc) is 2.50. The second-order valence-corrected chi connectivity index (χ2v) is 5.89. The molecule has 1 aromatic rings. The number of ether oxygens (including phenoxy) is 2. The highest BCUT2D eigenvalue weighted by Crippen LogP contribution is 2.10. The van der Waals surface area contributed by atoms with E-state index in [1.807, 2.05) is 30.3 Å². The van der Waals surface area contributed by atoms with Crippen molar-refractivity contribution in [1.82, 2.24) is 10.4 Å². The summed E-state index contributed by atoms with van der Waals surface area (Å²) in [6, 6.07) is 8.67. The van der Waals surface area contributed by atoms with Crippen molar-refractivity contribution in [2.75, 3.05) is 6.61 Å². The first-order chi connectivity index (χ1) is 11.3. The summed E-state index contributed by atoms with van der Waals surface area (Å²) in [7, 11) is 0. The van der Waals surface area contributed by atoms with Gasteiger partial charge in [-0.25, -0.2) is 20.0 Å². The molecule has 7 heteroatoms. The van der Waals surface area contributed by atoms with Crippen LogP contribution >= 0.6 is 0 Å². The van der Waals surface area contributed by atoms with Crippen molar-refractivity contribution >= 4 is 12.2 Å². The van der Waals surface area contributed by atoms with Crippen LogP contribution in [0.15, 0.2) is 30.3 Å². The van der Waals surface area contributed by atoms with Crippen LogP contribution in [0.3, 0.4) is 0 Å². The lowest BCUT2D eigenvalue weighted by molar-refractivity contribution is 0.0197. The van der Waals surface area contributed by atoms with Crippen LogP contribution in [0, 0.1) is 0 Å². The Bertz CT molecular complexity index is 519. The Hall–Kier alpha value is -2.28. The van der Waals surface area contributed by atoms with Crippen LogP contribution < -0.4 is 5.43 Å². The van der Waals surface area contributed by atoms with Gasteiger partial charge >= 0.3 is 12.2 Å². The van der Waals surface area contributed by atoms with Crippen LogP contribution in [0.4, 0.5) is 9.59 Å². The van der Waals surface area contributed by atoms with Crippen molar-refractivity contribution < 1.29 is 24.2 Å². The molecule has 0 heterocycles. The number of amides is 2. The minimum Gasteiger partial charge on any atom is -0.446 e. The third kappa shape index (κ3) is 6.87. The van der Waals surface area contributed by atoms with Crippen LogP contribution in [-0.2, 0) is 15.9 Å². The molecular formula is C17H26N2O5. The van der Waals surface area contributed by atoms with Gasteiger partial charge in [0.1, 0.15) is 0 Å². The third-order valence-corrected chi connectivity index (χ3v) is 2.98. The number of nitrogens with zero attached hydrogens (tertiary/aromatic N) is 1. The van der Waals surface area contributed by atoms with Crippen LogP contribution in [0.2, 0.25) is 0 Å². The monoisotopic (exact) mass is 338 g/mol. The van der Waals surface area contributed by atoms with Crippen molar-refractivity contribution in [2.45, 2.75) is 52.4 Å². The molecule has 1 rings (SSSR count). The molecule has 0 aromatic heterocycles. The highest BCUT2D eigenvalue weighted by Gasteiger charge is 2.28. The first kappa shape index (κ1) is 19.8. The van der Waals surface area contributed by atoms with E-state index in [1.165, 1.54) is 0 Å². The summed E-state index contributed by atoms with van der Waals surface area (Å²) in [5.41, 5.74) is 3.28. The highest BCUT2D eigenvalue weighted by molar-refractivity contribution is 5.74. The summed E-state index contributed by atoms with van der Waals surface area (Å²) >= 11 is 0. The second kappa shape index (κ2) is 9.77. The predicted molar refractivity (Wildman–Crippen MR) is 89.2 cm³/mol. The fourth-order valence-corrected chi connectivity index (χ4v) is 2.01. The molecule has 7 nitrogen and oxygen atoms in total. The molecule has 0 saturated carbocycles. The maximum Gasteiger partial charge on any atom is 0.429 e. The van der Waals surface area contributed by atoms with E-state index in [4.69, 9.17) is 9.47 Å². The van der Waals surface area contributed by atoms with Gasteiger partial charge in [0.25, 0.3) is 0 Å². The largest absolute Gasteiger partial charge is 0.446 e. The summed E-state index contributed by atoms with van der Waals surface area (Å²) < 4.78 is 10.1. The number of hydrogen-bond acceptors (Lipinski definition) is 5. The Labute approximate surface area is 142 Å². The van der Waals surface area contributed by atoms with E-state index >= 15 is 0 Å². The zero-order valence-corrected chi connectivity index (χ0v) is 14.6. The van der Waals surface area contributed by atoms with Gasteiger partial charge in [0.2, 0.25) is 0 Å². The Kier molecular flexibility index (Phi) is 8.05. The van der Waals surface area contributed by atoms with Gasteiger partial charge in [-0.3, -0.25) is 0 Å². The minimum absolute atomic E-state index is 0.338. The Morgan fingerprint density at radius 3 is 2.17 bits per heavy atom. The van der Waals surface area contributed by atoms with Crippen LogP contribution in [-0.4, -0.2) is 47.2 Å². The molecule has 1 atom stereocenters. The first-order valence-electron chi connectivity index (χ1n) is 7.95. The zero-order chi connectivity index (χ0) is 18.1. The number of nitrogens with one attached hydrogen (secondary N) is 1. The molecule has 0 aliphatic rings. The molecule has 1 unspecified atom stereocenters. The number of carbonyl (C=O) groups is 2. The molecule has 2 N–H and O–H groups in total. The molecule has 0 aliphatic heterocycles. The zero-order valence-electron chi connectivity index (χ0n) is 14.6. The molecule has 0 radical (unpaired) electrons. The molecule has 0 saturated heterocycles. The Morgan fingerprint density at radius 2 is 1.67 bits per heavy atom. The second-order valence-electron chi connectivity index (χ2n) is 5.89. The number of aliphatic hydroxyl groups is 1. The topological polar surface area (TPSA) is 88.1 Å². The number of hydrogen-bond donors (Lipinski definition) is 2. The SMILES string of the molecule is CC(C)OC(=O)NN(C(=O)OC(C)C)C(CO)Cc1ccccc1. The maximum absolute atomic E-state index is 12.3. The summed E-state index contributed by atoms with van der Waals surface area (Å²) in [4.78, 5) is 24.2. The van der Waals surface area contributed by atoms with Gasteiger partial charge in [-0.2, -0.15) is 0 Å². The van der Waals surface area contributed by atoms with Crippen molar-refractivity contribution in [3.05, 3.63) is 35.9 Å². The molecule has 24 heavy (non-hydrogen) atoms. The number of benzene rings is 1. The lowest BCUT2D eigenvalue weighted by atomic mass is 10.1. The number of aliphatic hydroxyl groups excluding tert-OH is 1. The molecule has 1 aromatic carbocycles.